The van der Waals surface area contributed by atoms with Crippen LogP contribution in [0.3, 0.4) is 0 Å². The van der Waals surface area contributed by atoms with Crippen molar-refractivity contribution < 1.29 is 29.3 Å². The molecule has 0 unspecified atom stereocenters. The SMILES string of the molecule is C/C(=C\CNC(=O)OCC1c2ccccc2-c2ccccc21)C(=O)NC[C@H](O)C(=O)O. The number of aliphatic hydroxyl groups is 1. The highest BCUT2D eigenvalue weighted by atomic mass is 16.5. The summed E-state index contributed by atoms with van der Waals surface area (Å²) in [5, 5.41) is 22.6. The molecular formula is C23H24N2O6. The third kappa shape index (κ3) is 5.29. The van der Waals surface area contributed by atoms with E-state index in [2.05, 4.69) is 22.8 Å². The fourth-order valence-corrected chi connectivity index (χ4v) is 3.45. The molecule has 0 saturated heterocycles. The summed E-state index contributed by atoms with van der Waals surface area (Å²) < 4.78 is 5.41. The lowest BCUT2D eigenvalue weighted by molar-refractivity contribution is -0.146. The van der Waals surface area contributed by atoms with E-state index in [0.29, 0.717) is 0 Å². The Kier molecular flexibility index (Phi) is 7.04. The van der Waals surface area contributed by atoms with Gasteiger partial charge in [0.2, 0.25) is 5.91 Å². The minimum absolute atomic E-state index is 0.0399. The van der Waals surface area contributed by atoms with Crippen molar-refractivity contribution >= 4 is 18.0 Å². The molecule has 2 aromatic carbocycles. The molecule has 0 aromatic heterocycles. The molecule has 1 aliphatic rings. The summed E-state index contributed by atoms with van der Waals surface area (Å²) in [6.45, 7) is 1.37. The van der Waals surface area contributed by atoms with E-state index in [1.54, 1.807) is 0 Å². The Morgan fingerprint density at radius 1 is 1.03 bits per heavy atom. The first-order valence-corrected chi connectivity index (χ1v) is 9.83. The van der Waals surface area contributed by atoms with Gasteiger partial charge in [-0.05, 0) is 29.2 Å². The van der Waals surface area contributed by atoms with Crippen LogP contribution in [0.1, 0.15) is 24.0 Å². The molecule has 0 heterocycles. The maximum Gasteiger partial charge on any atom is 0.407 e. The number of alkyl carbamates (subject to hydrolysis) is 1. The predicted molar refractivity (Wildman–Crippen MR) is 113 cm³/mol. The number of fused-ring (bicyclic) bond motifs is 3. The second-order valence-electron chi connectivity index (χ2n) is 7.16. The van der Waals surface area contributed by atoms with E-state index in [1.807, 2.05) is 36.4 Å². The van der Waals surface area contributed by atoms with Gasteiger partial charge in [0.05, 0.1) is 6.54 Å². The zero-order valence-corrected chi connectivity index (χ0v) is 17.0. The summed E-state index contributed by atoms with van der Waals surface area (Å²) in [4.78, 5) is 34.5. The highest BCUT2D eigenvalue weighted by Gasteiger charge is 2.28. The number of rotatable bonds is 8. The van der Waals surface area contributed by atoms with Crippen LogP contribution < -0.4 is 10.6 Å². The fraction of sp³-hybridized carbons (Fsp3) is 0.261. The maximum absolute atomic E-state index is 12.1. The van der Waals surface area contributed by atoms with Crippen molar-refractivity contribution in [2.45, 2.75) is 18.9 Å². The van der Waals surface area contributed by atoms with Crippen LogP contribution in [0.15, 0.2) is 60.2 Å². The number of amides is 2. The average Bonchev–Trinajstić information content (AvgIpc) is 3.09. The van der Waals surface area contributed by atoms with Crippen molar-refractivity contribution in [3.05, 3.63) is 71.3 Å². The van der Waals surface area contributed by atoms with Gasteiger partial charge in [-0.2, -0.15) is 0 Å². The van der Waals surface area contributed by atoms with E-state index >= 15 is 0 Å². The molecule has 0 bridgehead atoms. The highest BCUT2D eigenvalue weighted by Crippen LogP contribution is 2.44. The molecule has 0 radical (unpaired) electrons. The zero-order valence-electron chi connectivity index (χ0n) is 17.0. The van der Waals surface area contributed by atoms with Gasteiger partial charge in [-0.25, -0.2) is 9.59 Å². The predicted octanol–water partition coefficient (Wildman–Crippen LogP) is 2.03. The normalized spacial score (nSPS) is 13.7. The Morgan fingerprint density at radius 3 is 2.19 bits per heavy atom. The van der Waals surface area contributed by atoms with Gasteiger partial charge in [0.15, 0.2) is 6.10 Å². The zero-order chi connectivity index (χ0) is 22.4. The van der Waals surface area contributed by atoms with E-state index in [-0.39, 0.29) is 24.6 Å². The van der Waals surface area contributed by atoms with Crippen LogP contribution in [0, 0.1) is 0 Å². The van der Waals surface area contributed by atoms with Gasteiger partial charge >= 0.3 is 12.1 Å². The molecule has 1 atom stereocenters. The molecule has 0 fully saturated rings. The lowest BCUT2D eigenvalue weighted by atomic mass is 9.98. The summed E-state index contributed by atoms with van der Waals surface area (Å²) in [5.41, 5.74) is 4.80. The van der Waals surface area contributed by atoms with Crippen LogP contribution >= 0.6 is 0 Å². The number of benzene rings is 2. The number of nitrogens with one attached hydrogen (secondary N) is 2. The minimum Gasteiger partial charge on any atom is -0.479 e. The van der Waals surface area contributed by atoms with E-state index in [4.69, 9.17) is 9.84 Å². The van der Waals surface area contributed by atoms with Crippen LogP contribution in [0.2, 0.25) is 0 Å². The molecule has 8 heteroatoms. The number of aliphatic hydroxyl groups excluding tert-OH is 1. The van der Waals surface area contributed by atoms with Gasteiger partial charge in [0.1, 0.15) is 6.61 Å². The number of aliphatic carboxylic acids is 1. The van der Waals surface area contributed by atoms with Gasteiger partial charge in [-0.3, -0.25) is 4.79 Å². The highest BCUT2D eigenvalue weighted by molar-refractivity contribution is 5.93. The van der Waals surface area contributed by atoms with Crippen molar-refractivity contribution in [1.82, 2.24) is 10.6 Å². The quantitative estimate of drug-likeness (QED) is 0.481. The number of carboxylic acids is 1. The Hall–Kier alpha value is -3.65. The molecule has 0 saturated carbocycles. The van der Waals surface area contributed by atoms with E-state index in [1.165, 1.54) is 13.0 Å². The molecule has 0 aliphatic heterocycles. The number of ether oxygens (including phenoxy) is 1. The molecule has 4 N–H and O–H groups in total. The van der Waals surface area contributed by atoms with Gasteiger partial charge in [-0.15, -0.1) is 0 Å². The van der Waals surface area contributed by atoms with Crippen molar-refractivity contribution in [2.75, 3.05) is 19.7 Å². The first kappa shape index (κ1) is 22.0. The summed E-state index contributed by atoms with van der Waals surface area (Å²) >= 11 is 0. The van der Waals surface area contributed by atoms with E-state index in [0.717, 1.165) is 22.3 Å². The number of hydrogen-bond acceptors (Lipinski definition) is 5. The standard InChI is InChI=1S/C23H24N2O6/c1-14(21(27)25-12-20(26)22(28)29)10-11-24-23(30)31-13-19-17-8-4-2-6-15(17)16-7-3-5-9-18(16)19/h2-10,19-20,26H,11-13H2,1H3,(H,24,30)(H,25,27)(H,28,29)/b14-10+/t20-/m0/s1. The molecule has 2 aromatic rings. The summed E-state index contributed by atoms with van der Waals surface area (Å²) in [6.07, 6.45) is -0.799. The smallest absolute Gasteiger partial charge is 0.407 e. The number of carbonyl (C=O) groups excluding carboxylic acids is 2. The summed E-state index contributed by atoms with van der Waals surface area (Å²) in [5.74, 6) is -1.99. The van der Waals surface area contributed by atoms with Crippen molar-refractivity contribution in [3.8, 4) is 11.1 Å². The lowest BCUT2D eigenvalue weighted by Crippen LogP contribution is -2.37. The number of carbonyl (C=O) groups is 3. The third-order valence-corrected chi connectivity index (χ3v) is 5.10. The second kappa shape index (κ2) is 9.90. The van der Waals surface area contributed by atoms with Crippen LogP contribution in [0.25, 0.3) is 11.1 Å². The van der Waals surface area contributed by atoms with Crippen LogP contribution in [0.5, 0.6) is 0 Å². The summed E-state index contributed by atoms with van der Waals surface area (Å²) in [7, 11) is 0. The monoisotopic (exact) mass is 424 g/mol. The molecule has 1 aliphatic carbocycles. The largest absolute Gasteiger partial charge is 0.479 e. The van der Waals surface area contributed by atoms with Gasteiger partial charge in [0.25, 0.3) is 0 Å². The first-order chi connectivity index (χ1) is 14.9. The molecule has 8 nitrogen and oxygen atoms in total. The molecule has 162 valence electrons. The Balaban J connectivity index is 1.49. The maximum atomic E-state index is 12.1. The Labute approximate surface area is 179 Å². The molecule has 0 spiro atoms. The van der Waals surface area contributed by atoms with E-state index < -0.39 is 30.6 Å². The first-order valence-electron chi connectivity index (χ1n) is 9.83. The molecule has 31 heavy (non-hydrogen) atoms. The van der Waals surface area contributed by atoms with Crippen LogP contribution in [0.4, 0.5) is 4.79 Å². The fourth-order valence-electron chi connectivity index (χ4n) is 3.45. The van der Waals surface area contributed by atoms with Crippen molar-refractivity contribution in [1.29, 1.82) is 0 Å². The van der Waals surface area contributed by atoms with E-state index in [9.17, 15) is 19.5 Å². The molecular weight excluding hydrogens is 400 g/mol. The third-order valence-electron chi connectivity index (χ3n) is 5.10. The average molecular weight is 424 g/mol. The summed E-state index contributed by atoms with van der Waals surface area (Å²) in [6, 6.07) is 16.1. The van der Waals surface area contributed by atoms with Crippen LogP contribution in [-0.4, -0.2) is 54.0 Å². The second-order valence-corrected chi connectivity index (χ2v) is 7.16. The van der Waals surface area contributed by atoms with Gasteiger partial charge in [0, 0.05) is 18.0 Å². The molecule has 2 amide bonds. The molecule has 3 rings (SSSR count). The number of hydrogen-bond donors (Lipinski definition) is 4. The lowest BCUT2D eigenvalue weighted by Gasteiger charge is -2.14. The van der Waals surface area contributed by atoms with Crippen molar-refractivity contribution in [2.24, 2.45) is 0 Å². The Bertz CT molecular complexity index is 971. The minimum atomic E-state index is -1.67. The van der Waals surface area contributed by atoms with Crippen LogP contribution in [-0.2, 0) is 14.3 Å². The van der Waals surface area contributed by atoms with Gasteiger partial charge in [-0.1, -0.05) is 54.6 Å². The topological polar surface area (TPSA) is 125 Å². The Morgan fingerprint density at radius 2 is 1.61 bits per heavy atom. The van der Waals surface area contributed by atoms with Crippen molar-refractivity contribution in [3.63, 3.8) is 0 Å². The van der Waals surface area contributed by atoms with Gasteiger partial charge < -0.3 is 25.6 Å². The number of carboxylic acid groups (broad SMARTS) is 1.